The molecule has 3 rings (SSSR count). The molecular formula is C14H14ClNO2. The van der Waals surface area contributed by atoms with E-state index < -0.39 is 0 Å². The summed E-state index contributed by atoms with van der Waals surface area (Å²) in [5, 5.41) is 1.44. The van der Waals surface area contributed by atoms with Crippen molar-refractivity contribution in [3.63, 3.8) is 0 Å². The minimum Gasteiger partial charge on any atom is -0.378 e. The van der Waals surface area contributed by atoms with Crippen LogP contribution in [0.25, 0.3) is 10.9 Å². The van der Waals surface area contributed by atoms with Gasteiger partial charge in [-0.15, -0.1) is 0 Å². The molecular weight excluding hydrogens is 250 g/mol. The van der Waals surface area contributed by atoms with Gasteiger partial charge < -0.3 is 9.72 Å². The van der Waals surface area contributed by atoms with Crippen LogP contribution in [0.4, 0.5) is 0 Å². The molecule has 1 aliphatic rings. The Hall–Kier alpha value is -1.32. The number of Topliss-reactive ketones (excluding diaryl/α,β-unsaturated/α-hetero) is 1. The summed E-state index contributed by atoms with van der Waals surface area (Å²) in [5.74, 6) is 0.0984. The van der Waals surface area contributed by atoms with Crippen LogP contribution in [0.2, 0.25) is 5.02 Å². The van der Waals surface area contributed by atoms with Crippen LogP contribution in [0.15, 0.2) is 24.4 Å². The zero-order valence-electron chi connectivity index (χ0n) is 9.91. The van der Waals surface area contributed by atoms with Crippen molar-refractivity contribution in [2.45, 2.75) is 25.4 Å². The monoisotopic (exact) mass is 263 g/mol. The molecule has 1 aliphatic heterocycles. The summed E-state index contributed by atoms with van der Waals surface area (Å²) < 4.78 is 5.50. The lowest BCUT2D eigenvalue weighted by Gasteiger charge is -2.07. The first-order valence-corrected chi connectivity index (χ1v) is 6.54. The number of benzene rings is 1. The molecule has 0 spiro atoms. The van der Waals surface area contributed by atoms with Crippen molar-refractivity contribution in [1.82, 2.24) is 4.98 Å². The van der Waals surface area contributed by atoms with E-state index in [2.05, 4.69) is 4.98 Å². The van der Waals surface area contributed by atoms with E-state index in [1.807, 2.05) is 12.1 Å². The maximum atomic E-state index is 12.3. The summed E-state index contributed by atoms with van der Waals surface area (Å²) in [7, 11) is 0. The standard InChI is InChI=1S/C14H14ClNO2/c15-11-4-1-5-12-14(11)10(8-16-12)13(17)7-9-3-2-6-18-9/h1,4-5,8-9,16H,2-3,6-7H2. The third-order valence-electron chi connectivity index (χ3n) is 3.39. The Bertz CT molecular complexity index is 584. The molecule has 1 fully saturated rings. The molecule has 0 bridgehead atoms. The molecule has 4 heteroatoms. The number of rotatable bonds is 3. The Morgan fingerprint density at radius 2 is 2.39 bits per heavy atom. The summed E-state index contributed by atoms with van der Waals surface area (Å²) in [6.45, 7) is 0.770. The molecule has 94 valence electrons. The number of H-pyrrole nitrogens is 1. The first kappa shape index (κ1) is 11.8. The predicted octanol–water partition coefficient (Wildman–Crippen LogP) is 3.57. The minimum atomic E-state index is 0.0740. The molecule has 1 aromatic carbocycles. The third-order valence-corrected chi connectivity index (χ3v) is 3.71. The molecule has 2 heterocycles. The van der Waals surface area contributed by atoms with Crippen molar-refractivity contribution in [2.24, 2.45) is 0 Å². The van der Waals surface area contributed by atoms with Crippen LogP contribution in [-0.2, 0) is 4.74 Å². The van der Waals surface area contributed by atoms with Gasteiger partial charge in [0.2, 0.25) is 0 Å². The van der Waals surface area contributed by atoms with Gasteiger partial charge in [-0.05, 0) is 25.0 Å². The van der Waals surface area contributed by atoms with E-state index in [1.165, 1.54) is 0 Å². The first-order valence-electron chi connectivity index (χ1n) is 6.16. The molecule has 1 atom stereocenters. The third kappa shape index (κ3) is 2.04. The van der Waals surface area contributed by atoms with Crippen LogP contribution in [0, 0.1) is 0 Å². The number of hydrogen-bond acceptors (Lipinski definition) is 2. The average molecular weight is 264 g/mol. The number of nitrogens with one attached hydrogen (secondary N) is 1. The number of halogens is 1. The molecule has 1 aromatic heterocycles. The number of hydrogen-bond donors (Lipinski definition) is 1. The van der Waals surface area contributed by atoms with Gasteiger partial charge in [-0.3, -0.25) is 4.79 Å². The van der Waals surface area contributed by atoms with Gasteiger partial charge in [-0.1, -0.05) is 17.7 Å². The van der Waals surface area contributed by atoms with Crippen LogP contribution < -0.4 is 0 Å². The van der Waals surface area contributed by atoms with Crippen LogP contribution in [0.3, 0.4) is 0 Å². The predicted molar refractivity (Wildman–Crippen MR) is 71.2 cm³/mol. The topological polar surface area (TPSA) is 42.1 Å². The van der Waals surface area contributed by atoms with E-state index in [4.69, 9.17) is 16.3 Å². The summed E-state index contributed by atoms with van der Waals surface area (Å²) in [6, 6.07) is 5.60. The zero-order chi connectivity index (χ0) is 12.5. The van der Waals surface area contributed by atoms with Crippen molar-refractivity contribution in [1.29, 1.82) is 0 Å². The first-order chi connectivity index (χ1) is 8.75. The number of aromatic nitrogens is 1. The Kier molecular flexibility index (Phi) is 3.10. The lowest BCUT2D eigenvalue weighted by Crippen LogP contribution is -2.12. The number of aromatic amines is 1. The highest BCUT2D eigenvalue weighted by atomic mass is 35.5. The Labute approximate surface area is 110 Å². The molecule has 3 nitrogen and oxygen atoms in total. The van der Waals surface area contributed by atoms with E-state index in [0.29, 0.717) is 17.0 Å². The second-order valence-electron chi connectivity index (χ2n) is 4.63. The van der Waals surface area contributed by atoms with Crippen LogP contribution in [0.5, 0.6) is 0 Å². The highest BCUT2D eigenvalue weighted by Gasteiger charge is 2.22. The molecule has 0 radical (unpaired) electrons. The van der Waals surface area contributed by atoms with E-state index in [1.54, 1.807) is 12.3 Å². The molecule has 2 aromatic rings. The Morgan fingerprint density at radius 3 is 3.17 bits per heavy atom. The Balaban J connectivity index is 1.91. The van der Waals surface area contributed by atoms with Gasteiger partial charge >= 0.3 is 0 Å². The lowest BCUT2D eigenvalue weighted by atomic mass is 10.0. The van der Waals surface area contributed by atoms with E-state index in [-0.39, 0.29) is 11.9 Å². The second-order valence-corrected chi connectivity index (χ2v) is 5.03. The lowest BCUT2D eigenvalue weighted by molar-refractivity contribution is 0.0777. The highest BCUT2D eigenvalue weighted by molar-refractivity contribution is 6.36. The van der Waals surface area contributed by atoms with Crippen LogP contribution >= 0.6 is 11.6 Å². The number of ether oxygens (including phenoxy) is 1. The molecule has 0 aliphatic carbocycles. The number of carbonyl (C=O) groups is 1. The molecule has 1 N–H and O–H groups in total. The van der Waals surface area contributed by atoms with Gasteiger partial charge in [0, 0.05) is 35.7 Å². The highest BCUT2D eigenvalue weighted by Crippen LogP contribution is 2.28. The number of ketones is 1. The largest absolute Gasteiger partial charge is 0.378 e. The summed E-state index contributed by atoms with van der Waals surface area (Å²) >= 11 is 6.16. The maximum Gasteiger partial charge on any atom is 0.167 e. The van der Waals surface area contributed by atoms with Crippen LogP contribution in [0.1, 0.15) is 29.6 Å². The smallest absolute Gasteiger partial charge is 0.167 e. The van der Waals surface area contributed by atoms with Gasteiger partial charge in [0.05, 0.1) is 11.1 Å². The van der Waals surface area contributed by atoms with Crippen LogP contribution in [-0.4, -0.2) is 23.5 Å². The molecule has 1 saturated heterocycles. The molecule has 18 heavy (non-hydrogen) atoms. The Morgan fingerprint density at radius 1 is 1.50 bits per heavy atom. The van der Waals surface area contributed by atoms with Crippen molar-refractivity contribution < 1.29 is 9.53 Å². The summed E-state index contributed by atoms with van der Waals surface area (Å²) in [6.07, 6.45) is 4.28. The zero-order valence-corrected chi connectivity index (χ0v) is 10.7. The molecule has 0 amide bonds. The fraction of sp³-hybridized carbons (Fsp3) is 0.357. The summed E-state index contributed by atoms with van der Waals surface area (Å²) in [5.41, 5.74) is 1.57. The van der Waals surface area contributed by atoms with Gasteiger partial charge in [0.1, 0.15) is 0 Å². The van der Waals surface area contributed by atoms with E-state index in [0.717, 1.165) is 30.4 Å². The van der Waals surface area contributed by atoms with Gasteiger partial charge in [-0.25, -0.2) is 0 Å². The van der Waals surface area contributed by atoms with Gasteiger partial charge in [0.25, 0.3) is 0 Å². The fourth-order valence-corrected chi connectivity index (χ4v) is 2.76. The maximum absolute atomic E-state index is 12.3. The van der Waals surface area contributed by atoms with E-state index in [9.17, 15) is 4.79 Å². The normalized spacial score (nSPS) is 19.5. The average Bonchev–Trinajstić information content (AvgIpc) is 2.97. The fourth-order valence-electron chi connectivity index (χ4n) is 2.48. The van der Waals surface area contributed by atoms with E-state index >= 15 is 0 Å². The molecule has 1 unspecified atom stereocenters. The van der Waals surface area contributed by atoms with Gasteiger partial charge in [0.15, 0.2) is 5.78 Å². The summed E-state index contributed by atoms with van der Waals surface area (Å²) in [4.78, 5) is 15.4. The van der Waals surface area contributed by atoms with Crippen molar-refractivity contribution >= 4 is 28.3 Å². The second kappa shape index (κ2) is 4.75. The van der Waals surface area contributed by atoms with Crippen molar-refractivity contribution in [3.8, 4) is 0 Å². The number of fused-ring (bicyclic) bond motifs is 1. The van der Waals surface area contributed by atoms with Crippen molar-refractivity contribution in [3.05, 3.63) is 35.0 Å². The quantitative estimate of drug-likeness (QED) is 0.860. The van der Waals surface area contributed by atoms with Gasteiger partial charge in [-0.2, -0.15) is 0 Å². The number of carbonyl (C=O) groups excluding carboxylic acids is 1. The SMILES string of the molecule is O=C(CC1CCCO1)c1c[nH]c2cccc(Cl)c12. The van der Waals surface area contributed by atoms with Crippen molar-refractivity contribution in [2.75, 3.05) is 6.61 Å². The molecule has 0 saturated carbocycles. The minimum absolute atomic E-state index is 0.0740.